The molecule has 0 aromatic carbocycles. The van der Waals surface area contributed by atoms with E-state index in [0.717, 1.165) is 19.3 Å². The van der Waals surface area contributed by atoms with Crippen molar-refractivity contribution in [3.63, 3.8) is 0 Å². The maximum Gasteiger partial charge on any atom is 0.107 e. The molecule has 1 aliphatic rings. The zero-order valence-electron chi connectivity index (χ0n) is 31.4. The Morgan fingerprint density at radius 1 is 0.625 bits per heavy atom. The molecule has 0 radical (unpaired) electrons. The number of unbranched alkanes of at least 4 members (excludes halogenated alkanes) is 22. The van der Waals surface area contributed by atoms with E-state index >= 15 is 0 Å². The van der Waals surface area contributed by atoms with Crippen LogP contribution in [0.3, 0.4) is 0 Å². The summed E-state index contributed by atoms with van der Waals surface area (Å²) in [4.78, 5) is 0.715. The predicted molar refractivity (Wildman–Crippen MR) is 207 cm³/mol. The van der Waals surface area contributed by atoms with Gasteiger partial charge in [0, 0.05) is 19.0 Å². The summed E-state index contributed by atoms with van der Waals surface area (Å²) in [7, 11) is 0. The zero-order chi connectivity index (χ0) is 35.2. The third kappa shape index (κ3) is 23.9. The first-order valence-electron chi connectivity index (χ1n) is 20.7. The molecule has 1 saturated carbocycles. The second-order valence-electron chi connectivity index (χ2n) is 15.1. The Kier molecular flexibility index (Phi) is 29.9. The Hall–Kier alpha value is -0.350. The molecular formula is C40H80N2O5S. The number of thiocarbonyl (C=S) groups is 1. The zero-order valence-corrected chi connectivity index (χ0v) is 32.2. The molecule has 0 aliphatic heterocycles. The molecule has 1 aliphatic carbocycles. The second-order valence-corrected chi connectivity index (χ2v) is 15.6. The van der Waals surface area contributed by atoms with Gasteiger partial charge < -0.3 is 36.2 Å². The lowest BCUT2D eigenvalue weighted by atomic mass is 10.00. The molecule has 48 heavy (non-hydrogen) atoms. The Labute approximate surface area is 301 Å². The van der Waals surface area contributed by atoms with Crippen molar-refractivity contribution in [1.29, 1.82) is 0 Å². The first kappa shape index (κ1) is 45.7. The van der Waals surface area contributed by atoms with Crippen molar-refractivity contribution in [2.75, 3.05) is 6.54 Å². The molecule has 1 fully saturated rings. The van der Waals surface area contributed by atoms with Crippen molar-refractivity contribution in [3.8, 4) is 0 Å². The van der Waals surface area contributed by atoms with Crippen LogP contribution in [0.4, 0.5) is 0 Å². The fourth-order valence-electron chi connectivity index (χ4n) is 7.10. The Bertz CT molecular complexity index is 732. The van der Waals surface area contributed by atoms with Crippen molar-refractivity contribution in [2.24, 2.45) is 0 Å². The number of rotatable bonds is 32. The monoisotopic (exact) mass is 701 g/mol. The number of hydrogen-bond donors (Lipinski definition) is 7. The molecule has 0 heterocycles. The van der Waals surface area contributed by atoms with Gasteiger partial charge in [0.05, 0.1) is 35.4 Å². The molecule has 0 aromatic heterocycles. The van der Waals surface area contributed by atoms with E-state index in [1.165, 1.54) is 135 Å². The average Bonchev–Trinajstić information content (AvgIpc) is 3.19. The highest BCUT2D eigenvalue weighted by Gasteiger charge is 2.34. The molecular weight excluding hydrogens is 621 g/mol. The van der Waals surface area contributed by atoms with Gasteiger partial charge in [0.1, 0.15) is 6.10 Å². The van der Waals surface area contributed by atoms with E-state index in [4.69, 9.17) is 12.2 Å². The van der Waals surface area contributed by atoms with Crippen LogP contribution in [-0.2, 0) is 0 Å². The minimum Gasteiger partial charge on any atom is -0.393 e. The van der Waals surface area contributed by atoms with Crippen molar-refractivity contribution in [3.05, 3.63) is 0 Å². The van der Waals surface area contributed by atoms with Gasteiger partial charge in [-0.3, -0.25) is 0 Å². The number of hydrogen-bond acceptors (Lipinski definition) is 7. The van der Waals surface area contributed by atoms with E-state index in [0.29, 0.717) is 37.2 Å². The van der Waals surface area contributed by atoms with E-state index < -0.39 is 36.6 Å². The highest BCUT2D eigenvalue weighted by atomic mass is 32.1. The molecule has 0 amide bonds. The van der Waals surface area contributed by atoms with E-state index in [9.17, 15) is 25.5 Å². The standard InChI is InChI=1S/C40H80N2O5S/c1-3-5-6-7-8-9-10-11-12-13-14-15-16-17-18-19-20-21-22-23-24-25-26-30-38(48)42-35(37(45)31-33(43)4-2)32-41-34-28-27-29-36(44)40(47)39(34)46/h33-37,39-41,43-47H,3-32H2,1-2H3,(H,42,48). The average molecular weight is 701 g/mol. The first-order valence-corrected chi connectivity index (χ1v) is 21.1. The summed E-state index contributed by atoms with van der Waals surface area (Å²) in [6.45, 7) is 4.51. The van der Waals surface area contributed by atoms with Crippen LogP contribution in [-0.4, -0.2) is 79.7 Å². The van der Waals surface area contributed by atoms with Crippen LogP contribution < -0.4 is 10.6 Å². The summed E-state index contributed by atoms with van der Waals surface area (Å²) in [5.74, 6) is 0. The first-order chi connectivity index (χ1) is 23.3. The van der Waals surface area contributed by atoms with Crippen LogP contribution in [0.1, 0.15) is 200 Å². The van der Waals surface area contributed by atoms with Crippen LogP contribution in [0.5, 0.6) is 0 Å². The van der Waals surface area contributed by atoms with Crippen LogP contribution in [0.25, 0.3) is 0 Å². The van der Waals surface area contributed by atoms with E-state index in [1.807, 2.05) is 6.92 Å². The van der Waals surface area contributed by atoms with Crippen molar-refractivity contribution in [1.82, 2.24) is 10.6 Å². The molecule has 286 valence electrons. The molecule has 0 aromatic rings. The molecule has 0 spiro atoms. The topological polar surface area (TPSA) is 125 Å². The van der Waals surface area contributed by atoms with Gasteiger partial charge in [-0.1, -0.05) is 167 Å². The molecule has 7 atom stereocenters. The van der Waals surface area contributed by atoms with Crippen LogP contribution in [0.2, 0.25) is 0 Å². The summed E-state index contributed by atoms with van der Waals surface area (Å²) in [6, 6.07) is -0.803. The smallest absolute Gasteiger partial charge is 0.107 e. The largest absolute Gasteiger partial charge is 0.393 e. The quantitative estimate of drug-likeness (QED) is 0.0212. The van der Waals surface area contributed by atoms with Crippen LogP contribution in [0, 0.1) is 0 Å². The molecule has 7 nitrogen and oxygen atoms in total. The minimum atomic E-state index is -1.19. The van der Waals surface area contributed by atoms with Gasteiger partial charge in [0.25, 0.3) is 0 Å². The summed E-state index contributed by atoms with van der Waals surface area (Å²) in [5.41, 5.74) is 0. The highest BCUT2D eigenvalue weighted by Crippen LogP contribution is 2.20. The second kappa shape index (κ2) is 31.4. The SMILES string of the molecule is CCCCCCCCCCCCCCCCCCCCCCCCCC(=S)NC(CNC1CCCC(O)C(O)C1O)C(O)CC(O)CC. The maximum atomic E-state index is 10.9. The van der Waals surface area contributed by atoms with E-state index in [2.05, 4.69) is 17.6 Å². The fraction of sp³-hybridized carbons (Fsp3) is 0.975. The normalized spacial score (nSPS) is 21.9. The molecule has 0 bridgehead atoms. The Morgan fingerprint density at radius 2 is 1.06 bits per heavy atom. The van der Waals surface area contributed by atoms with Gasteiger partial charge in [0.2, 0.25) is 0 Å². The van der Waals surface area contributed by atoms with Crippen LogP contribution >= 0.6 is 12.2 Å². The number of aliphatic hydroxyl groups is 5. The lowest BCUT2D eigenvalue weighted by Gasteiger charge is -2.31. The molecule has 0 saturated heterocycles. The summed E-state index contributed by atoms with van der Waals surface area (Å²) >= 11 is 5.64. The maximum absolute atomic E-state index is 10.9. The molecule has 8 heteroatoms. The fourth-order valence-corrected chi connectivity index (χ4v) is 7.39. The molecule has 7 N–H and O–H groups in total. The van der Waals surface area contributed by atoms with Gasteiger partial charge in [-0.05, 0) is 38.5 Å². The number of aliphatic hydroxyl groups excluding tert-OH is 5. The third-order valence-corrected chi connectivity index (χ3v) is 10.9. The molecule has 1 rings (SSSR count). The summed E-state index contributed by atoms with van der Waals surface area (Å²) in [6.07, 6.45) is 30.3. The van der Waals surface area contributed by atoms with Crippen molar-refractivity contribution < 1.29 is 25.5 Å². The third-order valence-electron chi connectivity index (χ3n) is 10.6. The predicted octanol–water partition coefficient (Wildman–Crippen LogP) is 8.40. The Morgan fingerprint density at radius 3 is 1.50 bits per heavy atom. The van der Waals surface area contributed by atoms with Gasteiger partial charge in [-0.2, -0.15) is 0 Å². The Balaban J connectivity index is 2.06. The van der Waals surface area contributed by atoms with Crippen LogP contribution in [0.15, 0.2) is 0 Å². The summed E-state index contributed by atoms with van der Waals surface area (Å²) in [5, 5.41) is 58.3. The van der Waals surface area contributed by atoms with Gasteiger partial charge >= 0.3 is 0 Å². The van der Waals surface area contributed by atoms with Gasteiger partial charge in [-0.25, -0.2) is 0 Å². The lowest BCUT2D eigenvalue weighted by Crippen LogP contribution is -2.55. The van der Waals surface area contributed by atoms with E-state index in [-0.39, 0.29) is 12.5 Å². The molecule has 7 unspecified atom stereocenters. The summed E-state index contributed by atoms with van der Waals surface area (Å²) < 4.78 is 0. The van der Waals surface area contributed by atoms with E-state index in [1.54, 1.807) is 0 Å². The minimum absolute atomic E-state index is 0.243. The number of nitrogens with one attached hydrogen (secondary N) is 2. The van der Waals surface area contributed by atoms with Gasteiger partial charge in [0.15, 0.2) is 0 Å². The van der Waals surface area contributed by atoms with Gasteiger partial charge in [-0.15, -0.1) is 0 Å². The highest BCUT2D eigenvalue weighted by molar-refractivity contribution is 7.80. The lowest BCUT2D eigenvalue weighted by molar-refractivity contribution is -0.0651. The van der Waals surface area contributed by atoms with Crippen molar-refractivity contribution in [2.45, 2.75) is 243 Å². The van der Waals surface area contributed by atoms with Crippen molar-refractivity contribution >= 4 is 17.2 Å².